The average Bonchev–Trinajstić information content (AvgIpc) is 2.95. The van der Waals surface area contributed by atoms with Gasteiger partial charge in [0, 0.05) is 16.9 Å². The van der Waals surface area contributed by atoms with Gasteiger partial charge in [0.15, 0.2) is 12.2 Å². The van der Waals surface area contributed by atoms with Crippen molar-refractivity contribution in [3.8, 4) is 23.8 Å². The molecular weight excluding hydrogens is 348 g/mol. The molecule has 2 heterocycles. The van der Waals surface area contributed by atoms with Crippen LogP contribution in [0.2, 0.25) is 0 Å². The Morgan fingerprint density at radius 3 is 3.00 bits per heavy atom. The number of hydrogen-bond donors (Lipinski definition) is 0. The second kappa shape index (κ2) is 6.00. The molecule has 0 saturated heterocycles. The molecule has 0 spiro atoms. The summed E-state index contributed by atoms with van der Waals surface area (Å²) < 4.78 is 11.4. The minimum absolute atomic E-state index is 0.0648. The third-order valence-corrected chi connectivity index (χ3v) is 3.30. The highest BCUT2D eigenvalue weighted by Crippen LogP contribution is 2.26. The maximum Gasteiger partial charge on any atom is 0.339 e. The number of rotatable bonds is 3. The van der Waals surface area contributed by atoms with Crippen molar-refractivity contribution >= 4 is 33.0 Å². The van der Waals surface area contributed by atoms with E-state index < -0.39 is 5.97 Å². The van der Waals surface area contributed by atoms with Crippen LogP contribution in [0.3, 0.4) is 0 Å². The molecule has 0 aliphatic carbocycles. The Hall–Kier alpha value is -2.65. The van der Waals surface area contributed by atoms with Crippen molar-refractivity contribution in [3.05, 3.63) is 46.7 Å². The van der Waals surface area contributed by atoms with Crippen molar-refractivity contribution in [2.24, 2.45) is 0 Å². The number of esters is 1. The Morgan fingerprint density at radius 1 is 1.36 bits per heavy atom. The summed E-state index contributed by atoms with van der Waals surface area (Å²) in [6.07, 6.45) is 8.38. The van der Waals surface area contributed by atoms with E-state index in [9.17, 15) is 4.79 Å². The number of fused-ring (bicyclic) bond motifs is 1. The molecule has 0 bridgehead atoms. The summed E-state index contributed by atoms with van der Waals surface area (Å²) in [5.41, 5.74) is 2.24. The van der Waals surface area contributed by atoms with Crippen LogP contribution >= 0.6 is 15.9 Å². The van der Waals surface area contributed by atoms with Gasteiger partial charge in [-0.2, -0.15) is 0 Å². The summed E-state index contributed by atoms with van der Waals surface area (Å²) in [5.74, 6) is 2.18. The molecule has 3 rings (SSSR count). The lowest BCUT2D eigenvalue weighted by Gasteiger charge is -1.99. The zero-order chi connectivity index (χ0) is 15.5. The first kappa shape index (κ1) is 14.3. The van der Waals surface area contributed by atoms with Gasteiger partial charge >= 0.3 is 5.97 Å². The number of benzene rings is 1. The SMILES string of the molecule is C#CCOC(=O)c1ccc2oc(-c3cncc(Br)c3)nc2c1. The number of oxazole rings is 1. The molecule has 2 aromatic heterocycles. The standard InChI is InChI=1S/C16H9BrN2O3/c1-2-5-21-16(20)10-3-4-14-13(7-10)19-15(22-14)11-6-12(17)9-18-8-11/h1,3-4,6-9H,5H2. The molecule has 1 aromatic carbocycles. The van der Waals surface area contributed by atoms with Crippen molar-refractivity contribution in [2.75, 3.05) is 6.61 Å². The van der Waals surface area contributed by atoms with E-state index in [2.05, 4.69) is 31.8 Å². The molecule has 0 N–H and O–H groups in total. The minimum atomic E-state index is -0.492. The van der Waals surface area contributed by atoms with Crippen molar-refractivity contribution in [2.45, 2.75) is 0 Å². The molecule has 5 nitrogen and oxygen atoms in total. The molecule has 0 fully saturated rings. The third kappa shape index (κ3) is 2.85. The molecular formula is C16H9BrN2O3. The monoisotopic (exact) mass is 356 g/mol. The number of carbonyl (C=O) groups is 1. The number of carbonyl (C=O) groups excluding carboxylic acids is 1. The van der Waals surface area contributed by atoms with Gasteiger partial charge in [0.05, 0.1) is 11.1 Å². The predicted octanol–water partition coefficient (Wildman–Crippen LogP) is 3.44. The summed E-state index contributed by atoms with van der Waals surface area (Å²) in [6, 6.07) is 6.73. The second-order valence-corrected chi connectivity index (χ2v) is 5.29. The maximum absolute atomic E-state index is 11.8. The van der Waals surface area contributed by atoms with Gasteiger partial charge < -0.3 is 9.15 Å². The number of nitrogens with zero attached hydrogens (tertiary/aromatic N) is 2. The van der Waals surface area contributed by atoms with E-state index in [0.29, 0.717) is 22.6 Å². The largest absolute Gasteiger partial charge is 0.449 e. The van der Waals surface area contributed by atoms with Crippen LogP contribution in [0, 0.1) is 12.3 Å². The van der Waals surface area contributed by atoms with Crippen LogP contribution in [-0.4, -0.2) is 22.5 Å². The summed E-state index contributed by atoms with van der Waals surface area (Å²) in [5, 5.41) is 0. The molecule has 108 valence electrons. The van der Waals surface area contributed by atoms with Crippen LogP contribution in [-0.2, 0) is 4.74 Å². The van der Waals surface area contributed by atoms with Gasteiger partial charge in [0.1, 0.15) is 5.52 Å². The highest BCUT2D eigenvalue weighted by molar-refractivity contribution is 9.10. The van der Waals surface area contributed by atoms with Crippen molar-refractivity contribution < 1.29 is 13.9 Å². The summed E-state index contributed by atoms with van der Waals surface area (Å²) in [7, 11) is 0. The Kier molecular flexibility index (Phi) is 3.90. The number of terminal acetylenes is 1. The van der Waals surface area contributed by atoms with Gasteiger partial charge in [-0.3, -0.25) is 4.98 Å². The van der Waals surface area contributed by atoms with E-state index >= 15 is 0 Å². The topological polar surface area (TPSA) is 65.2 Å². The van der Waals surface area contributed by atoms with Crippen LogP contribution < -0.4 is 0 Å². The molecule has 0 unspecified atom stereocenters. The first-order chi connectivity index (χ1) is 10.7. The van der Waals surface area contributed by atoms with Gasteiger partial charge in [-0.15, -0.1) is 6.42 Å². The molecule has 0 saturated carbocycles. The molecule has 0 amide bonds. The molecule has 6 heteroatoms. The summed E-state index contributed by atoms with van der Waals surface area (Å²) in [6.45, 7) is -0.0648. The van der Waals surface area contributed by atoms with E-state index in [1.807, 2.05) is 6.07 Å². The first-order valence-electron chi connectivity index (χ1n) is 6.29. The lowest BCUT2D eigenvalue weighted by Crippen LogP contribution is -2.04. The van der Waals surface area contributed by atoms with Crippen LogP contribution in [0.5, 0.6) is 0 Å². The van der Waals surface area contributed by atoms with E-state index in [0.717, 1.165) is 10.0 Å². The molecule has 22 heavy (non-hydrogen) atoms. The van der Waals surface area contributed by atoms with Crippen LogP contribution in [0.4, 0.5) is 0 Å². The normalized spacial score (nSPS) is 10.4. The third-order valence-electron chi connectivity index (χ3n) is 2.86. The van der Waals surface area contributed by atoms with Crippen LogP contribution in [0.15, 0.2) is 45.5 Å². The molecule has 0 atom stereocenters. The highest BCUT2D eigenvalue weighted by Gasteiger charge is 2.13. The Labute approximate surface area is 134 Å². The number of ether oxygens (including phenoxy) is 1. The zero-order valence-electron chi connectivity index (χ0n) is 11.2. The van der Waals surface area contributed by atoms with E-state index in [1.54, 1.807) is 30.6 Å². The molecule has 0 radical (unpaired) electrons. The van der Waals surface area contributed by atoms with Crippen molar-refractivity contribution in [1.29, 1.82) is 0 Å². The van der Waals surface area contributed by atoms with Crippen LogP contribution in [0.25, 0.3) is 22.6 Å². The lowest BCUT2D eigenvalue weighted by molar-refractivity contribution is 0.0557. The molecule has 0 aliphatic heterocycles. The van der Waals surface area contributed by atoms with Crippen molar-refractivity contribution in [1.82, 2.24) is 9.97 Å². The number of pyridine rings is 1. The van der Waals surface area contributed by atoms with Gasteiger partial charge in [-0.1, -0.05) is 5.92 Å². The quantitative estimate of drug-likeness (QED) is 0.531. The fraction of sp³-hybridized carbons (Fsp3) is 0.0625. The van der Waals surface area contributed by atoms with Gasteiger partial charge in [0.25, 0.3) is 0 Å². The second-order valence-electron chi connectivity index (χ2n) is 4.37. The summed E-state index contributed by atoms with van der Waals surface area (Å²) >= 11 is 3.35. The number of halogens is 1. The van der Waals surface area contributed by atoms with E-state index in [1.165, 1.54) is 0 Å². The van der Waals surface area contributed by atoms with E-state index in [4.69, 9.17) is 15.6 Å². The fourth-order valence-electron chi connectivity index (χ4n) is 1.90. The first-order valence-corrected chi connectivity index (χ1v) is 7.09. The molecule has 3 aromatic rings. The van der Waals surface area contributed by atoms with Gasteiger partial charge in [-0.25, -0.2) is 9.78 Å². The highest BCUT2D eigenvalue weighted by atomic mass is 79.9. The Bertz CT molecular complexity index is 896. The number of aromatic nitrogens is 2. The zero-order valence-corrected chi connectivity index (χ0v) is 12.8. The Morgan fingerprint density at radius 2 is 2.23 bits per heavy atom. The Balaban J connectivity index is 1.97. The maximum atomic E-state index is 11.8. The van der Waals surface area contributed by atoms with Gasteiger partial charge in [-0.05, 0) is 40.2 Å². The minimum Gasteiger partial charge on any atom is -0.449 e. The summed E-state index contributed by atoms with van der Waals surface area (Å²) in [4.78, 5) is 20.2. The fourth-order valence-corrected chi connectivity index (χ4v) is 2.26. The van der Waals surface area contributed by atoms with Gasteiger partial charge in [0.2, 0.25) is 5.89 Å². The number of hydrogen-bond acceptors (Lipinski definition) is 5. The predicted molar refractivity (Wildman–Crippen MR) is 84.1 cm³/mol. The average molecular weight is 357 g/mol. The molecule has 0 aliphatic rings. The smallest absolute Gasteiger partial charge is 0.339 e. The lowest BCUT2D eigenvalue weighted by atomic mass is 10.2. The van der Waals surface area contributed by atoms with Crippen LogP contribution in [0.1, 0.15) is 10.4 Å². The van der Waals surface area contributed by atoms with Crippen molar-refractivity contribution in [3.63, 3.8) is 0 Å². The van der Waals surface area contributed by atoms with E-state index in [-0.39, 0.29) is 6.61 Å².